The van der Waals surface area contributed by atoms with Gasteiger partial charge in [0, 0.05) is 24.8 Å². The minimum Gasteiger partial charge on any atom is -0.483 e. The number of aryl methyl sites for hydroxylation is 1. The first-order valence-corrected chi connectivity index (χ1v) is 6.52. The van der Waals surface area contributed by atoms with Crippen molar-refractivity contribution in [3.8, 4) is 5.75 Å². The summed E-state index contributed by atoms with van der Waals surface area (Å²) in [5.41, 5.74) is 6.97. The lowest BCUT2D eigenvalue weighted by Gasteiger charge is -2.22. The fourth-order valence-corrected chi connectivity index (χ4v) is 2.12. The lowest BCUT2D eigenvalue weighted by Crippen LogP contribution is -2.28. The number of para-hydroxylation sites is 1. The van der Waals surface area contributed by atoms with Gasteiger partial charge in [0.15, 0.2) is 0 Å². The molecule has 2 N–H and O–H groups in total. The molecule has 0 aliphatic carbocycles. The van der Waals surface area contributed by atoms with Gasteiger partial charge in [-0.15, -0.1) is 0 Å². The molecule has 2 rings (SSSR count). The molecular weight excluding hydrogens is 294 g/mol. The topological polar surface area (TPSA) is 53.1 Å². The summed E-state index contributed by atoms with van der Waals surface area (Å²) in [7, 11) is 1.88. The van der Waals surface area contributed by atoms with Crippen molar-refractivity contribution in [2.75, 3.05) is 0 Å². The highest BCUT2D eigenvalue weighted by Crippen LogP contribution is 2.30. The SMILES string of the molecule is CC(N)C(Oc1ccccc1Br)c1cnn(C)c1. The average Bonchev–Trinajstić information content (AvgIpc) is 2.74. The first-order valence-electron chi connectivity index (χ1n) is 5.73. The maximum Gasteiger partial charge on any atom is 0.142 e. The number of benzene rings is 1. The molecule has 1 aromatic carbocycles. The summed E-state index contributed by atoms with van der Waals surface area (Å²) in [6.07, 6.45) is 3.49. The number of nitrogens with zero attached hydrogens (tertiary/aromatic N) is 2. The smallest absolute Gasteiger partial charge is 0.142 e. The van der Waals surface area contributed by atoms with Gasteiger partial charge in [-0.25, -0.2) is 0 Å². The molecule has 2 unspecified atom stereocenters. The van der Waals surface area contributed by atoms with E-state index in [9.17, 15) is 0 Å². The Hall–Kier alpha value is -1.33. The zero-order valence-electron chi connectivity index (χ0n) is 10.4. The van der Waals surface area contributed by atoms with Crippen LogP contribution in [0.2, 0.25) is 0 Å². The molecule has 5 heteroatoms. The number of ether oxygens (including phenoxy) is 1. The third-order valence-electron chi connectivity index (χ3n) is 2.62. The van der Waals surface area contributed by atoms with Crippen LogP contribution >= 0.6 is 15.9 Å². The first kappa shape index (κ1) is 13.1. The molecule has 0 radical (unpaired) electrons. The standard InChI is InChI=1S/C13H16BrN3O/c1-9(15)13(10-7-16-17(2)8-10)18-12-6-4-3-5-11(12)14/h3-9,13H,15H2,1-2H3. The third-order valence-corrected chi connectivity index (χ3v) is 3.28. The summed E-state index contributed by atoms with van der Waals surface area (Å²) in [5.74, 6) is 0.781. The van der Waals surface area contributed by atoms with Crippen LogP contribution in [0.5, 0.6) is 5.75 Å². The second-order valence-corrected chi connectivity index (χ2v) is 5.13. The van der Waals surface area contributed by atoms with Gasteiger partial charge < -0.3 is 10.5 Å². The molecular formula is C13H16BrN3O. The van der Waals surface area contributed by atoms with E-state index in [1.54, 1.807) is 10.9 Å². The predicted octanol–water partition coefficient (Wildman–Crippen LogP) is 2.65. The Kier molecular flexibility index (Phi) is 4.04. The van der Waals surface area contributed by atoms with Gasteiger partial charge >= 0.3 is 0 Å². The van der Waals surface area contributed by atoms with Crippen LogP contribution in [0.4, 0.5) is 0 Å². The fourth-order valence-electron chi connectivity index (χ4n) is 1.74. The van der Waals surface area contributed by atoms with E-state index >= 15 is 0 Å². The number of rotatable bonds is 4. The Balaban J connectivity index is 2.25. The molecule has 2 atom stereocenters. The van der Waals surface area contributed by atoms with E-state index in [-0.39, 0.29) is 12.1 Å². The Morgan fingerprint density at radius 1 is 1.39 bits per heavy atom. The molecule has 0 amide bonds. The van der Waals surface area contributed by atoms with Crippen molar-refractivity contribution in [2.24, 2.45) is 12.8 Å². The van der Waals surface area contributed by atoms with Gasteiger partial charge in [-0.3, -0.25) is 4.68 Å². The monoisotopic (exact) mass is 309 g/mol. The lowest BCUT2D eigenvalue weighted by atomic mass is 10.1. The molecule has 0 fully saturated rings. The molecule has 0 saturated heterocycles. The van der Waals surface area contributed by atoms with Gasteiger partial charge in [-0.05, 0) is 35.0 Å². The highest BCUT2D eigenvalue weighted by atomic mass is 79.9. The van der Waals surface area contributed by atoms with Gasteiger partial charge in [0.2, 0.25) is 0 Å². The number of halogens is 1. The Morgan fingerprint density at radius 2 is 2.11 bits per heavy atom. The third kappa shape index (κ3) is 2.91. The van der Waals surface area contributed by atoms with Gasteiger partial charge in [-0.2, -0.15) is 5.10 Å². The number of hydrogen-bond donors (Lipinski definition) is 1. The summed E-state index contributed by atoms with van der Waals surface area (Å²) < 4.78 is 8.64. The predicted molar refractivity (Wildman–Crippen MR) is 74.4 cm³/mol. The molecule has 0 bridgehead atoms. The number of nitrogens with two attached hydrogens (primary N) is 1. The summed E-state index contributed by atoms with van der Waals surface area (Å²) in [4.78, 5) is 0. The minimum absolute atomic E-state index is 0.124. The molecule has 4 nitrogen and oxygen atoms in total. The Labute approximate surface area is 115 Å². The highest BCUT2D eigenvalue weighted by molar-refractivity contribution is 9.10. The van der Waals surface area contributed by atoms with Gasteiger partial charge in [-0.1, -0.05) is 12.1 Å². The molecule has 1 aromatic heterocycles. The Morgan fingerprint density at radius 3 is 2.67 bits per heavy atom. The molecule has 1 heterocycles. The van der Waals surface area contributed by atoms with Crippen LogP contribution in [0.1, 0.15) is 18.6 Å². The van der Waals surface area contributed by atoms with Crippen molar-refractivity contribution in [3.05, 3.63) is 46.7 Å². The number of aromatic nitrogens is 2. The Bertz CT molecular complexity index is 524. The van der Waals surface area contributed by atoms with Crippen LogP contribution in [0.3, 0.4) is 0 Å². The maximum absolute atomic E-state index is 6.00. The van der Waals surface area contributed by atoms with Gasteiger partial charge in [0.05, 0.1) is 10.7 Å². The van der Waals surface area contributed by atoms with Crippen molar-refractivity contribution in [1.29, 1.82) is 0 Å². The van der Waals surface area contributed by atoms with E-state index in [1.807, 2.05) is 44.4 Å². The molecule has 0 saturated carbocycles. The fraction of sp³-hybridized carbons (Fsp3) is 0.308. The van der Waals surface area contributed by atoms with Crippen molar-refractivity contribution in [3.63, 3.8) is 0 Å². The molecule has 0 spiro atoms. The van der Waals surface area contributed by atoms with Crippen LogP contribution < -0.4 is 10.5 Å². The van der Waals surface area contributed by atoms with Crippen LogP contribution in [-0.4, -0.2) is 15.8 Å². The van der Waals surface area contributed by atoms with Gasteiger partial charge in [0.1, 0.15) is 11.9 Å². The summed E-state index contributed by atoms with van der Waals surface area (Å²) in [5, 5.41) is 4.15. The largest absolute Gasteiger partial charge is 0.483 e. The quantitative estimate of drug-likeness (QED) is 0.944. The normalized spacial score (nSPS) is 14.2. The highest BCUT2D eigenvalue weighted by Gasteiger charge is 2.20. The summed E-state index contributed by atoms with van der Waals surface area (Å²) in [6.45, 7) is 1.93. The van der Waals surface area contributed by atoms with E-state index in [0.717, 1.165) is 15.8 Å². The molecule has 0 aliphatic rings. The molecule has 18 heavy (non-hydrogen) atoms. The van der Waals surface area contributed by atoms with Crippen molar-refractivity contribution < 1.29 is 4.74 Å². The zero-order valence-corrected chi connectivity index (χ0v) is 12.0. The first-order chi connectivity index (χ1) is 8.58. The van der Waals surface area contributed by atoms with Crippen molar-refractivity contribution in [2.45, 2.75) is 19.1 Å². The van der Waals surface area contributed by atoms with Crippen LogP contribution in [-0.2, 0) is 7.05 Å². The van der Waals surface area contributed by atoms with E-state index in [1.165, 1.54) is 0 Å². The summed E-state index contributed by atoms with van der Waals surface area (Å²) >= 11 is 3.47. The molecule has 2 aromatic rings. The van der Waals surface area contributed by atoms with E-state index in [4.69, 9.17) is 10.5 Å². The number of hydrogen-bond acceptors (Lipinski definition) is 3. The molecule has 0 aliphatic heterocycles. The average molecular weight is 310 g/mol. The minimum atomic E-state index is -0.211. The lowest BCUT2D eigenvalue weighted by molar-refractivity contribution is 0.179. The van der Waals surface area contributed by atoms with Crippen molar-refractivity contribution in [1.82, 2.24) is 9.78 Å². The van der Waals surface area contributed by atoms with Gasteiger partial charge in [0.25, 0.3) is 0 Å². The van der Waals surface area contributed by atoms with E-state index in [0.29, 0.717) is 0 Å². The second-order valence-electron chi connectivity index (χ2n) is 4.28. The van der Waals surface area contributed by atoms with Crippen molar-refractivity contribution >= 4 is 15.9 Å². The second kappa shape index (κ2) is 5.54. The van der Waals surface area contributed by atoms with Crippen LogP contribution in [0, 0.1) is 0 Å². The van der Waals surface area contributed by atoms with E-state index < -0.39 is 0 Å². The maximum atomic E-state index is 6.00. The summed E-state index contributed by atoms with van der Waals surface area (Å²) in [6, 6.07) is 7.61. The molecule has 96 valence electrons. The zero-order chi connectivity index (χ0) is 13.1. The van der Waals surface area contributed by atoms with Crippen LogP contribution in [0.25, 0.3) is 0 Å². The van der Waals surface area contributed by atoms with Crippen LogP contribution in [0.15, 0.2) is 41.1 Å². The van der Waals surface area contributed by atoms with E-state index in [2.05, 4.69) is 21.0 Å².